The van der Waals surface area contributed by atoms with E-state index in [0.29, 0.717) is 11.1 Å². The van der Waals surface area contributed by atoms with Gasteiger partial charge in [-0.05, 0) is 34.5 Å². The van der Waals surface area contributed by atoms with Crippen molar-refractivity contribution in [2.75, 3.05) is 0 Å². The minimum absolute atomic E-state index is 0.563. The van der Waals surface area contributed by atoms with Gasteiger partial charge in [0.1, 0.15) is 0 Å². The summed E-state index contributed by atoms with van der Waals surface area (Å²) in [6.07, 6.45) is 3.31. The minimum atomic E-state index is -1.01. The van der Waals surface area contributed by atoms with Crippen molar-refractivity contribution in [1.82, 2.24) is 0 Å². The van der Waals surface area contributed by atoms with Crippen LogP contribution in [-0.4, -0.2) is 17.4 Å². The predicted molar refractivity (Wildman–Crippen MR) is 66.0 cm³/mol. The number of aliphatic carboxylic acids is 1. The lowest BCUT2D eigenvalue weighted by atomic mass is 10.0. The lowest BCUT2D eigenvalue weighted by Crippen LogP contribution is -1.88. The van der Waals surface area contributed by atoms with Crippen molar-refractivity contribution in [3.8, 4) is 0 Å². The van der Waals surface area contributed by atoms with Gasteiger partial charge in [0.05, 0.1) is 0 Å². The predicted octanol–water partition coefficient (Wildman–Crippen LogP) is 2.75. The summed E-state index contributed by atoms with van der Waals surface area (Å²) in [6.45, 7) is 0. The smallest absolute Gasteiger partial charge is 0.328 e. The Labute approximate surface area is 98.0 Å². The van der Waals surface area contributed by atoms with E-state index in [-0.39, 0.29) is 0 Å². The van der Waals surface area contributed by atoms with Crippen LogP contribution in [0.2, 0.25) is 0 Å². The molecule has 0 aromatic heterocycles. The highest BCUT2D eigenvalue weighted by Gasteiger charge is 2.01. The molecular formula is C14H10O3. The van der Waals surface area contributed by atoms with Gasteiger partial charge in [0, 0.05) is 11.6 Å². The molecule has 3 heteroatoms. The van der Waals surface area contributed by atoms with Crippen molar-refractivity contribution in [3.05, 3.63) is 53.6 Å². The standard InChI is InChI=1S/C14H10O3/c15-9-12-8-10(5-6-14(16)17)7-11-3-1-2-4-13(11)12/h1-9H,(H,16,17). The topological polar surface area (TPSA) is 54.4 Å². The molecule has 0 spiro atoms. The van der Waals surface area contributed by atoms with Gasteiger partial charge in [0.15, 0.2) is 6.29 Å². The van der Waals surface area contributed by atoms with E-state index >= 15 is 0 Å². The van der Waals surface area contributed by atoms with Gasteiger partial charge in [-0.15, -0.1) is 0 Å². The summed E-state index contributed by atoms with van der Waals surface area (Å²) in [4.78, 5) is 21.4. The van der Waals surface area contributed by atoms with E-state index in [1.165, 1.54) is 6.08 Å². The van der Waals surface area contributed by atoms with Crippen LogP contribution in [-0.2, 0) is 4.79 Å². The summed E-state index contributed by atoms with van der Waals surface area (Å²) in [6, 6.07) is 11.0. The quantitative estimate of drug-likeness (QED) is 0.646. The molecule has 0 saturated carbocycles. The molecule has 0 radical (unpaired) electrons. The zero-order chi connectivity index (χ0) is 12.3. The average molecular weight is 226 g/mol. The second kappa shape index (κ2) is 4.61. The van der Waals surface area contributed by atoms with E-state index in [9.17, 15) is 9.59 Å². The van der Waals surface area contributed by atoms with Gasteiger partial charge in [-0.25, -0.2) is 4.79 Å². The Morgan fingerprint density at radius 1 is 1.18 bits per heavy atom. The molecule has 1 N–H and O–H groups in total. The van der Waals surface area contributed by atoms with E-state index < -0.39 is 5.97 Å². The summed E-state index contributed by atoms with van der Waals surface area (Å²) in [5.74, 6) is -1.01. The third-order valence-corrected chi connectivity index (χ3v) is 2.46. The van der Waals surface area contributed by atoms with Crippen molar-refractivity contribution in [1.29, 1.82) is 0 Å². The molecule has 0 atom stereocenters. The Hall–Kier alpha value is -2.42. The first-order chi connectivity index (χ1) is 8.20. The van der Waals surface area contributed by atoms with Gasteiger partial charge in [-0.1, -0.05) is 24.3 Å². The molecule has 0 amide bonds. The molecule has 84 valence electrons. The Morgan fingerprint density at radius 2 is 1.94 bits per heavy atom. The van der Waals surface area contributed by atoms with Gasteiger partial charge in [-0.3, -0.25) is 4.79 Å². The number of aldehydes is 1. The molecule has 2 rings (SSSR count). The number of benzene rings is 2. The van der Waals surface area contributed by atoms with Crippen molar-refractivity contribution in [2.24, 2.45) is 0 Å². The monoisotopic (exact) mass is 226 g/mol. The zero-order valence-corrected chi connectivity index (χ0v) is 8.96. The number of carboxylic acids is 1. The van der Waals surface area contributed by atoms with Crippen molar-refractivity contribution >= 4 is 29.1 Å². The van der Waals surface area contributed by atoms with Gasteiger partial charge in [0.2, 0.25) is 0 Å². The lowest BCUT2D eigenvalue weighted by molar-refractivity contribution is -0.131. The van der Waals surface area contributed by atoms with Crippen LogP contribution in [0.4, 0.5) is 0 Å². The van der Waals surface area contributed by atoms with Gasteiger partial charge in [0.25, 0.3) is 0 Å². The summed E-state index contributed by atoms with van der Waals surface area (Å²) >= 11 is 0. The van der Waals surface area contributed by atoms with E-state index in [4.69, 9.17) is 5.11 Å². The largest absolute Gasteiger partial charge is 0.478 e. The maximum absolute atomic E-state index is 11.0. The van der Waals surface area contributed by atoms with Crippen LogP contribution >= 0.6 is 0 Å². The first kappa shape index (κ1) is 11.1. The van der Waals surface area contributed by atoms with Crippen LogP contribution < -0.4 is 0 Å². The van der Waals surface area contributed by atoms with E-state index in [2.05, 4.69) is 0 Å². The highest BCUT2D eigenvalue weighted by Crippen LogP contribution is 2.20. The molecule has 0 aliphatic heterocycles. The molecule has 0 bridgehead atoms. The molecule has 3 nitrogen and oxygen atoms in total. The van der Waals surface area contributed by atoms with Crippen LogP contribution in [0.5, 0.6) is 0 Å². The number of carbonyl (C=O) groups is 2. The molecule has 2 aromatic rings. The number of carboxylic acid groups (broad SMARTS) is 1. The normalized spacial score (nSPS) is 10.8. The Morgan fingerprint density at radius 3 is 2.65 bits per heavy atom. The molecule has 0 aliphatic carbocycles. The molecule has 17 heavy (non-hydrogen) atoms. The second-order valence-corrected chi connectivity index (χ2v) is 3.62. The Balaban J connectivity index is 2.60. The van der Waals surface area contributed by atoms with Crippen LogP contribution in [0, 0.1) is 0 Å². The van der Waals surface area contributed by atoms with Crippen molar-refractivity contribution < 1.29 is 14.7 Å². The third-order valence-electron chi connectivity index (χ3n) is 2.46. The highest BCUT2D eigenvalue weighted by atomic mass is 16.4. The van der Waals surface area contributed by atoms with Crippen molar-refractivity contribution in [3.63, 3.8) is 0 Å². The number of rotatable bonds is 3. The maximum atomic E-state index is 11.0. The Bertz CT molecular complexity index is 612. The zero-order valence-electron chi connectivity index (χ0n) is 8.96. The lowest BCUT2D eigenvalue weighted by Gasteiger charge is -2.02. The van der Waals surface area contributed by atoms with E-state index in [1.807, 2.05) is 30.3 Å². The molecule has 0 saturated heterocycles. The number of fused-ring (bicyclic) bond motifs is 1. The fourth-order valence-corrected chi connectivity index (χ4v) is 1.73. The summed E-state index contributed by atoms with van der Waals surface area (Å²) < 4.78 is 0. The van der Waals surface area contributed by atoms with Gasteiger partial charge < -0.3 is 5.11 Å². The average Bonchev–Trinajstić information content (AvgIpc) is 2.35. The molecule has 0 aliphatic rings. The summed E-state index contributed by atoms with van der Waals surface area (Å²) in [7, 11) is 0. The fourth-order valence-electron chi connectivity index (χ4n) is 1.73. The first-order valence-electron chi connectivity index (χ1n) is 5.09. The number of carbonyl (C=O) groups excluding carboxylic acids is 1. The first-order valence-corrected chi connectivity index (χ1v) is 5.09. The molecular weight excluding hydrogens is 216 g/mol. The fraction of sp³-hybridized carbons (Fsp3) is 0. The maximum Gasteiger partial charge on any atom is 0.328 e. The summed E-state index contributed by atoms with van der Waals surface area (Å²) in [5.41, 5.74) is 1.27. The van der Waals surface area contributed by atoms with Crippen LogP contribution in [0.15, 0.2) is 42.5 Å². The number of hydrogen-bond acceptors (Lipinski definition) is 2. The molecule has 0 fully saturated rings. The van der Waals surface area contributed by atoms with E-state index in [1.54, 1.807) is 6.07 Å². The summed E-state index contributed by atoms with van der Waals surface area (Å²) in [5, 5.41) is 10.3. The molecule has 0 heterocycles. The van der Waals surface area contributed by atoms with Crippen molar-refractivity contribution in [2.45, 2.75) is 0 Å². The number of hydrogen-bond donors (Lipinski definition) is 1. The van der Waals surface area contributed by atoms with Crippen LogP contribution in [0.1, 0.15) is 15.9 Å². The van der Waals surface area contributed by atoms with Crippen LogP contribution in [0.25, 0.3) is 16.8 Å². The Kier molecular flexibility index (Phi) is 3.01. The highest BCUT2D eigenvalue weighted by molar-refractivity contribution is 6.00. The molecule has 2 aromatic carbocycles. The van der Waals surface area contributed by atoms with Gasteiger partial charge in [-0.2, -0.15) is 0 Å². The van der Waals surface area contributed by atoms with E-state index in [0.717, 1.165) is 23.1 Å². The minimum Gasteiger partial charge on any atom is -0.478 e. The van der Waals surface area contributed by atoms with Gasteiger partial charge >= 0.3 is 5.97 Å². The second-order valence-electron chi connectivity index (χ2n) is 3.62. The molecule has 0 unspecified atom stereocenters. The third kappa shape index (κ3) is 2.39. The SMILES string of the molecule is O=Cc1cc(C=CC(=O)O)cc2ccccc12. The van der Waals surface area contributed by atoms with Crippen LogP contribution in [0.3, 0.4) is 0 Å².